The predicted molar refractivity (Wildman–Crippen MR) is 86.5 cm³/mol. The molecule has 2 aromatic rings. The SMILES string of the molecule is Cc1cc(-c2ccc(OC(C)(C)C)c(C#N)c2)sc1C(=O)O. The summed E-state index contributed by atoms with van der Waals surface area (Å²) in [4.78, 5) is 12.3. The highest BCUT2D eigenvalue weighted by Gasteiger charge is 2.17. The van der Waals surface area contributed by atoms with Gasteiger partial charge in [0.25, 0.3) is 0 Å². The highest BCUT2D eigenvalue weighted by Crippen LogP contribution is 2.34. The van der Waals surface area contributed by atoms with E-state index in [0.29, 0.717) is 16.2 Å². The summed E-state index contributed by atoms with van der Waals surface area (Å²) >= 11 is 1.21. The zero-order valence-corrected chi connectivity index (χ0v) is 13.7. The van der Waals surface area contributed by atoms with Crippen molar-refractivity contribution < 1.29 is 14.6 Å². The number of carboxylic acids is 1. The van der Waals surface area contributed by atoms with Crippen molar-refractivity contribution in [3.8, 4) is 22.3 Å². The topological polar surface area (TPSA) is 70.3 Å². The zero-order chi connectivity index (χ0) is 16.5. The van der Waals surface area contributed by atoms with E-state index in [1.54, 1.807) is 19.1 Å². The molecule has 0 saturated heterocycles. The van der Waals surface area contributed by atoms with Crippen molar-refractivity contribution >= 4 is 17.3 Å². The first-order valence-electron chi connectivity index (χ1n) is 6.78. The van der Waals surface area contributed by atoms with E-state index in [1.807, 2.05) is 32.9 Å². The molecule has 0 fully saturated rings. The monoisotopic (exact) mass is 315 g/mol. The van der Waals surface area contributed by atoms with Gasteiger partial charge in [-0.1, -0.05) is 0 Å². The van der Waals surface area contributed by atoms with Crippen LogP contribution in [0.25, 0.3) is 10.4 Å². The molecule has 4 nitrogen and oxygen atoms in total. The van der Waals surface area contributed by atoms with Crippen LogP contribution in [-0.4, -0.2) is 16.7 Å². The van der Waals surface area contributed by atoms with E-state index in [4.69, 9.17) is 9.84 Å². The van der Waals surface area contributed by atoms with Crippen LogP contribution in [0.4, 0.5) is 0 Å². The number of carbonyl (C=O) groups is 1. The van der Waals surface area contributed by atoms with E-state index < -0.39 is 5.97 Å². The number of hydrogen-bond donors (Lipinski definition) is 1. The van der Waals surface area contributed by atoms with Crippen LogP contribution < -0.4 is 4.74 Å². The van der Waals surface area contributed by atoms with E-state index in [0.717, 1.165) is 16.0 Å². The number of aromatic carboxylic acids is 1. The van der Waals surface area contributed by atoms with Crippen molar-refractivity contribution in [1.29, 1.82) is 5.26 Å². The number of ether oxygens (including phenoxy) is 1. The Bertz CT molecular complexity index is 763. The van der Waals surface area contributed by atoms with Gasteiger partial charge in [-0.3, -0.25) is 0 Å². The van der Waals surface area contributed by atoms with Crippen LogP contribution in [0.3, 0.4) is 0 Å². The first-order chi connectivity index (χ1) is 10.2. The van der Waals surface area contributed by atoms with Crippen LogP contribution in [0.15, 0.2) is 24.3 Å². The smallest absolute Gasteiger partial charge is 0.346 e. The number of thiophene rings is 1. The molecule has 0 amide bonds. The van der Waals surface area contributed by atoms with Crippen LogP contribution in [0.5, 0.6) is 5.75 Å². The van der Waals surface area contributed by atoms with Crippen LogP contribution in [-0.2, 0) is 0 Å². The molecule has 114 valence electrons. The summed E-state index contributed by atoms with van der Waals surface area (Å²) < 4.78 is 5.77. The third-order valence-electron chi connectivity index (χ3n) is 2.91. The molecule has 5 heteroatoms. The molecule has 22 heavy (non-hydrogen) atoms. The molecule has 0 aliphatic carbocycles. The second kappa shape index (κ2) is 5.82. The number of nitrogens with zero attached hydrogens (tertiary/aromatic N) is 1. The van der Waals surface area contributed by atoms with Gasteiger partial charge in [-0.2, -0.15) is 5.26 Å². The standard InChI is InChI=1S/C17H17NO3S/c1-10-7-14(22-15(10)16(19)20)11-5-6-13(12(8-11)9-18)21-17(2,3)4/h5-8H,1-4H3,(H,19,20). The highest BCUT2D eigenvalue weighted by atomic mass is 32.1. The Morgan fingerprint density at radius 2 is 2.00 bits per heavy atom. The number of benzene rings is 1. The summed E-state index contributed by atoms with van der Waals surface area (Å²) in [6.07, 6.45) is 0. The Morgan fingerprint density at radius 1 is 1.32 bits per heavy atom. The van der Waals surface area contributed by atoms with Crippen molar-refractivity contribution in [3.63, 3.8) is 0 Å². The number of rotatable bonds is 3. The van der Waals surface area contributed by atoms with E-state index in [2.05, 4.69) is 6.07 Å². The molecule has 0 bridgehead atoms. The van der Waals surface area contributed by atoms with Gasteiger partial charge in [-0.05, 0) is 63.1 Å². The van der Waals surface area contributed by atoms with Crippen molar-refractivity contribution in [1.82, 2.24) is 0 Å². The summed E-state index contributed by atoms with van der Waals surface area (Å²) in [5.74, 6) is -0.396. The van der Waals surface area contributed by atoms with Gasteiger partial charge in [0.15, 0.2) is 0 Å². The van der Waals surface area contributed by atoms with Gasteiger partial charge in [0.05, 0.1) is 5.56 Å². The normalized spacial score (nSPS) is 11.0. The molecule has 0 unspecified atom stereocenters. The van der Waals surface area contributed by atoms with Gasteiger partial charge in [0.2, 0.25) is 0 Å². The quantitative estimate of drug-likeness (QED) is 0.907. The minimum Gasteiger partial charge on any atom is -0.487 e. The Morgan fingerprint density at radius 3 is 2.50 bits per heavy atom. The van der Waals surface area contributed by atoms with Crippen molar-refractivity contribution in [2.45, 2.75) is 33.3 Å². The predicted octanol–water partition coefficient (Wildman–Crippen LogP) is 4.47. The van der Waals surface area contributed by atoms with Crippen molar-refractivity contribution in [2.24, 2.45) is 0 Å². The molecular weight excluding hydrogens is 298 g/mol. The maximum Gasteiger partial charge on any atom is 0.346 e. The second-order valence-electron chi connectivity index (χ2n) is 5.97. The van der Waals surface area contributed by atoms with Gasteiger partial charge < -0.3 is 9.84 Å². The van der Waals surface area contributed by atoms with Gasteiger partial charge >= 0.3 is 5.97 Å². The Hall–Kier alpha value is -2.32. The minimum atomic E-state index is -0.929. The lowest BCUT2D eigenvalue weighted by atomic mass is 10.1. The fourth-order valence-corrected chi connectivity index (χ4v) is 3.03. The Labute approximate surface area is 133 Å². The summed E-state index contributed by atoms with van der Waals surface area (Å²) in [5.41, 5.74) is 1.60. The van der Waals surface area contributed by atoms with E-state index in [-0.39, 0.29) is 5.60 Å². The molecule has 0 saturated carbocycles. The van der Waals surface area contributed by atoms with Crippen LogP contribution in [0, 0.1) is 18.3 Å². The maximum atomic E-state index is 11.1. The number of carboxylic acid groups (broad SMARTS) is 1. The lowest BCUT2D eigenvalue weighted by Crippen LogP contribution is -2.23. The van der Waals surface area contributed by atoms with Crippen molar-refractivity contribution in [3.05, 3.63) is 40.3 Å². The van der Waals surface area contributed by atoms with Gasteiger partial charge in [0.1, 0.15) is 22.3 Å². The minimum absolute atomic E-state index is 0.323. The molecule has 0 atom stereocenters. The summed E-state index contributed by atoms with van der Waals surface area (Å²) in [6.45, 7) is 7.53. The fraction of sp³-hybridized carbons (Fsp3) is 0.294. The van der Waals surface area contributed by atoms with E-state index in [9.17, 15) is 10.1 Å². The zero-order valence-electron chi connectivity index (χ0n) is 12.9. The summed E-state index contributed by atoms with van der Waals surface area (Å²) in [7, 11) is 0. The second-order valence-corrected chi connectivity index (χ2v) is 7.02. The third kappa shape index (κ3) is 3.46. The molecule has 0 aliphatic rings. The average Bonchev–Trinajstić information content (AvgIpc) is 2.79. The molecule has 0 radical (unpaired) electrons. The lowest BCUT2D eigenvalue weighted by molar-refractivity contribution is 0.0701. The van der Waals surface area contributed by atoms with Gasteiger partial charge in [-0.15, -0.1) is 11.3 Å². The number of hydrogen-bond acceptors (Lipinski definition) is 4. The molecular formula is C17H17NO3S. The lowest BCUT2D eigenvalue weighted by Gasteiger charge is -2.22. The Balaban J connectivity index is 2.44. The van der Waals surface area contributed by atoms with E-state index in [1.165, 1.54) is 11.3 Å². The molecule has 1 heterocycles. The molecule has 1 aromatic heterocycles. The average molecular weight is 315 g/mol. The molecule has 2 rings (SSSR count). The first-order valence-corrected chi connectivity index (χ1v) is 7.60. The highest BCUT2D eigenvalue weighted by molar-refractivity contribution is 7.17. The van der Waals surface area contributed by atoms with Crippen LogP contribution in [0.1, 0.15) is 41.6 Å². The van der Waals surface area contributed by atoms with Crippen molar-refractivity contribution in [2.75, 3.05) is 0 Å². The van der Waals surface area contributed by atoms with E-state index >= 15 is 0 Å². The molecule has 0 aliphatic heterocycles. The van der Waals surface area contributed by atoms with Gasteiger partial charge in [0, 0.05) is 4.88 Å². The van der Waals surface area contributed by atoms with Crippen LogP contribution >= 0.6 is 11.3 Å². The summed E-state index contributed by atoms with van der Waals surface area (Å²) in [5, 5.41) is 18.5. The first kappa shape index (κ1) is 16.1. The number of nitriles is 1. The third-order valence-corrected chi connectivity index (χ3v) is 4.19. The van der Waals surface area contributed by atoms with Gasteiger partial charge in [-0.25, -0.2) is 4.79 Å². The largest absolute Gasteiger partial charge is 0.487 e. The maximum absolute atomic E-state index is 11.1. The molecule has 1 aromatic carbocycles. The number of aryl methyl sites for hydroxylation is 1. The fourth-order valence-electron chi connectivity index (χ4n) is 2.03. The summed E-state index contributed by atoms with van der Waals surface area (Å²) in [6, 6.07) is 9.30. The van der Waals surface area contributed by atoms with Crippen LogP contribution in [0.2, 0.25) is 0 Å². The Kier molecular flexibility index (Phi) is 4.25. The molecule has 1 N–H and O–H groups in total. The molecule has 0 spiro atoms.